The SMILES string of the molecule is CN[C@@H](C)C(=O)N[C@H]1CCS[C@H]2CC[C@@H](C(=O)N[C@@H](C(=O)NCc3ccc(CNC(=O)[C@@H](NC(=O)[C@H]4N5C(=O)[C@H](NC(=O)[C@H](C)NC)CCS[C@H]5CC4(C)C)c4ccccc4)cc3)c3ccccc3)N2C1=O. The Balaban J connectivity index is 0.976. The third-order valence-electron chi connectivity index (χ3n) is 14.1. The number of carbonyl (C=O) groups is 8. The Labute approximate surface area is 429 Å². The Kier molecular flexibility index (Phi) is 18.1. The van der Waals surface area contributed by atoms with Crippen LogP contribution >= 0.6 is 23.5 Å². The molecule has 0 bridgehead atoms. The second-order valence-electron chi connectivity index (χ2n) is 19.5. The Bertz CT molecular complexity index is 2450. The quantitative estimate of drug-likeness (QED) is 0.0917. The van der Waals surface area contributed by atoms with Crippen molar-refractivity contribution in [2.45, 2.75) is 132 Å². The van der Waals surface area contributed by atoms with Gasteiger partial charge in [0.1, 0.15) is 36.3 Å². The van der Waals surface area contributed by atoms with Crippen LogP contribution in [0.15, 0.2) is 84.9 Å². The van der Waals surface area contributed by atoms with E-state index in [-0.39, 0.29) is 47.5 Å². The summed E-state index contributed by atoms with van der Waals surface area (Å²) in [5.41, 5.74) is 2.01. The van der Waals surface area contributed by atoms with Gasteiger partial charge in [0.2, 0.25) is 47.3 Å². The molecule has 0 aromatic heterocycles. The van der Waals surface area contributed by atoms with Gasteiger partial charge < -0.3 is 52.3 Å². The zero-order valence-electron chi connectivity index (χ0n) is 41.7. The summed E-state index contributed by atoms with van der Waals surface area (Å²) in [6.07, 6.45) is 2.46. The lowest BCUT2D eigenvalue weighted by Crippen LogP contribution is -2.58. The standard InChI is InChI=1S/C52H68N10O8S2/c1-30(53-5)44(63)57-36-23-25-71-39-22-21-38(61(39)50(36)69)46(65)59-41(34-13-9-7-10-14-34)47(66)55-28-32-17-19-33(20-18-32)29-56-48(67)42(35-15-11-8-12-16-35)60-49(68)43-52(3,4)27-40-62(43)51(70)37(24-26-72-40)58-45(64)31(2)54-6/h7-20,30-31,36-43,53-54H,21-29H2,1-6H3,(H,55,66)(H,56,67)(H,57,63)(H,58,64)(H,59,65)(H,60,68)/t30-,31-,36-,37+,38-,39-,40-,41+,42-,43+/m0/s1. The molecule has 4 aliphatic rings. The molecule has 0 radical (unpaired) electrons. The molecule has 8 N–H and O–H groups in total. The maximum atomic E-state index is 14.5. The Morgan fingerprint density at radius 2 is 1.03 bits per heavy atom. The second kappa shape index (κ2) is 24.2. The van der Waals surface area contributed by atoms with Crippen LogP contribution in [0.5, 0.6) is 0 Å². The first-order valence-corrected chi connectivity index (χ1v) is 26.8. The molecule has 4 fully saturated rings. The Morgan fingerprint density at radius 1 is 0.583 bits per heavy atom. The maximum Gasteiger partial charge on any atom is 0.247 e. The lowest BCUT2D eigenvalue weighted by atomic mass is 9.83. The van der Waals surface area contributed by atoms with Crippen LogP contribution in [-0.2, 0) is 51.4 Å². The number of benzene rings is 3. The molecule has 4 aliphatic heterocycles. The molecule has 0 spiro atoms. The van der Waals surface area contributed by atoms with E-state index in [0.29, 0.717) is 54.7 Å². The zero-order chi connectivity index (χ0) is 51.7. The van der Waals surface area contributed by atoms with E-state index in [2.05, 4.69) is 42.5 Å². The second-order valence-corrected chi connectivity index (χ2v) is 22.1. The highest BCUT2D eigenvalue weighted by Gasteiger charge is 2.55. The van der Waals surface area contributed by atoms with Crippen LogP contribution < -0.4 is 42.5 Å². The average molecular weight is 1030 g/mol. The predicted molar refractivity (Wildman–Crippen MR) is 276 cm³/mol. The maximum absolute atomic E-state index is 14.5. The normalized spacial score (nSPS) is 24.2. The number of carbonyl (C=O) groups excluding carboxylic acids is 8. The van der Waals surface area contributed by atoms with Crippen LogP contribution in [0, 0.1) is 5.41 Å². The van der Waals surface area contributed by atoms with Crippen molar-refractivity contribution < 1.29 is 38.4 Å². The van der Waals surface area contributed by atoms with Crippen molar-refractivity contribution in [3.63, 3.8) is 0 Å². The van der Waals surface area contributed by atoms with E-state index in [4.69, 9.17) is 0 Å². The molecule has 0 aliphatic carbocycles. The van der Waals surface area contributed by atoms with E-state index >= 15 is 0 Å². The number of likely N-dealkylation sites (N-methyl/N-ethyl adjacent to an activating group) is 2. The van der Waals surface area contributed by atoms with E-state index < -0.39 is 77.4 Å². The van der Waals surface area contributed by atoms with Gasteiger partial charge in [-0.25, -0.2) is 0 Å². The van der Waals surface area contributed by atoms with Crippen molar-refractivity contribution in [1.29, 1.82) is 0 Å². The number of hydrogen-bond acceptors (Lipinski definition) is 12. The molecule has 18 nitrogen and oxygen atoms in total. The summed E-state index contributed by atoms with van der Waals surface area (Å²) in [5.74, 6) is -1.78. The molecule has 7 rings (SSSR count). The number of nitrogens with zero attached hydrogens (tertiary/aromatic N) is 2. The predicted octanol–water partition coefficient (Wildman–Crippen LogP) is 2.36. The first-order valence-electron chi connectivity index (χ1n) is 24.7. The van der Waals surface area contributed by atoms with Crippen molar-refractivity contribution >= 4 is 70.8 Å². The summed E-state index contributed by atoms with van der Waals surface area (Å²) in [5, 5.41) is 22.9. The summed E-state index contributed by atoms with van der Waals surface area (Å²) in [4.78, 5) is 113. The molecular weight excluding hydrogens is 957 g/mol. The van der Waals surface area contributed by atoms with Crippen LogP contribution in [0.4, 0.5) is 0 Å². The van der Waals surface area contributed by atoms with Crippen LogP contribution in [0.3, 0.4) is 0 Å². The first-order chi connectivity index (χ1) is 34.5. The van der Waals surface area contributed by atoms with Crippen molar-refractivity contribution in [3.8, 4) is 0 Å². The Morgan fingerprint density at radius 3 is 1.50 bits per heavy atom. The number of nitrogens with one attached hydrogen (secondary N) is 8. The highest BCUT2D eigenvalue weighted by molar-refractivity contribution is 8.00. The molecule has 386 valence electrons. The molecule has 0 unspecified atom stereocenters. The van der Waals surface area contributed by atoms with Gasteiger partial charge in [0, 0.05) is 13.1 Å². The van der Waals surface area contributed by atoms with Gasteiger partial charge in [0.15, 0.2) is 0 Å². The van der Waals surface area contributed by atoms with Gasteiger partial charge in [-0.2, -0.15) is 0 Å². The van der Waals surface area contributed by atoms with Crippen molar-refractivity contribution in [3.05, 3.63) is 107 Å². The first kappa shape index (κ1) is 53.8. The number of rotatable bonds is 18. The van der Waals surface area contributed by atoms with E-state index in [1.54, 1.807) is 110 Å². The van der Waals surface area contributed by atoms with Gasteiger partial charge in [-0.05, 0) is 99.2 Å². The summed E-state index contributed by atoms with van der Waals surface area (Å²) in [6.45, 7) is 7.56. The van der Waals surface area contributed by atoms with Gasteiger partial charge in [-0.1, -0.05) is 98.8 Å². The van der Waals surface area contributed by atoms with E-state index in [1.807, 2.05) is 50.2 Å². The van der Waals surface area contributed by atoms with Gasteiger partial charge in [-0.15, -0.1) is 23.5 Å². The van der Waals surface area contributed by atoms with Crippen molar-refractivity contribution in [2.24, 2.45) is 5.41 Å². The fraction of sp³-hybridized carbons (Fsp3) is 0.500. The van der Waals surface area contributed by atoms with E-state index in [1.165, 1.54) is 0 Å². The van der Waals surface area contributed by atoms with Crippen molar-refractivity contribution in [1.82, 2.24) is 52.3 Å². The molecular formula is C52H68N10O8S2. The van der Waals surface area contributed by atoms with Gasteiger partial charge in [0.25, 0.3) is 0 Å². The van der Waals surface area contributed by atoms with Crippen LogP contribution in [0.25, 0.3) is 0 Å². The highest BCUT2D eigenvalue weighted by Crippen LogP contribution is 2.46. The fourth-order valence-corrected chi connectivity index (χ4v) is 12.6. The minimum absolute atomic E-state index is 0.125. The third kappa shape index (κ3) is 12.6. The molecule has 3 aromatic rings. The van der Waals surface area contributed by atoms with Crippen LogP contribution in [0.1, 0.15) is 94.1 Å². The number of hydrogen-bond donors (Lipinski definition) is 8. The van der Waals surface area contributed by atoms with E-state index in [0.717, 1.165) is 11.1 Å². The van der Waals surface area contributed by atoms with Gasteiger partial charge >= 0.3 is 0 Å². The summed E-state index contributed by atoms with van der Waals surface area (Å²) in [6, 6.07) is 18.7. The van der Waals surface area contributed by atoms with E-state index in [9.17, 15) is 38.4 Å². The van der Waals surface area contributed by atoms with Crippen molar-refractivity contribution in [2.75, 3.05) is 25.6 Å². The smallest absolute Gasteiger partial charge is 0.247 e. The zero-order valence-corrected chi connectivity index (χ0v) is 43.3. The fourth-order valence-electron chi connectivity index (χ4n) is 9.67. The molecule has 3 aromatic carbocycles. The molecule has 8 amide bonds. The molecule has 20 heteroatoms. The van der Waals surface area contributed by atoms with Crippen LogP contribution in [-0.4, -0.2) is 130 Å². The molecule has 4 saturated heterocycles. The minimum atomic E-state index is -1.08. The molecule has 4 heterocycles. The van der Waals surface area contributed by atoms with Gasteiger partial charge in [-0.3, -0.25) is 38.4 Å². The summed E-state index contributed by atoms with van der Waals surface area (Å²) in [7, 11) is 3.34. The number of thioether (sulfide) groups is 2. The lowest BCUT2D eigenvalue weighted by Gasteiger charge is -2.35. The highest BCUT2D eigenvalue weighted by atomic mass is 32.2. The third-order valence-corrected chi connectivity index (χ3v) is 16.6. The van der Waals surface area contributed by atoms with Crippen LogP contribution in [0.2, 0.25) is 0 Å². The number of fused-ring (bicyclic) bond motifs is 2. The number of amides is 8. The monoisotopic (exact) mass is 1020 g/mol. The topological polar surface area (TPSA) is 239 Å². The summed E-state index contributed by atoms with van der Waals surface area (Å²) >= 11 is 3.18. The lowest BCUT2D eigenvalue weighted by molar-refractivity contribution is -0.144. The molecule has 72 heavy (non-hydrogen) atoms. The molecule has 10 atom stereocenters. The van der Waals surface area contributed by atoms with Gasteiger partial charge in [0.05, 0.1) is 22.8 Å². The average Bonchev–Trinajstić information content (AvgIpc) is 3.84. The minimum Gasteiger partial charge on any atom is -0.350 e. The largest absolute Gasteiger partial charge is 0.350 e. The molecule has 0 saturated carbocycles. The Hall–Kier alpha value is -5.96. The summed E-state index contributed by atoms with van der Waals surface area (Å²) < 4.78 is 0.